The fraction of sp³-hybridized carbons (Fsp3) is 0.115. The molecular formula is C26H20F4N2O5S. The molecule has 198 valence electrons. The third-order valence-corrected chi connectivity index (χ3v) is 6.50. The van der Waals surface area contributed by atoms with E-state index in [0.717, 1.165) is 18.2 Å². The Morgan fingerprint density at radius 2 is 1.68 bits per heavy atom. The summed E-state index contributed by atoms with van der Waals surface area (Å²) in [6.45, 7) is -0.0668. The first-order valence-corrected chi connectivity index (χ1v) is 12.5. The molecule has 0 atom stereocenters. The number of urea groups is 1. The van der Waals surface area contributed by atoms with Crippen molar-refractivity contribution in [2.24, 2.45) is 0 Å². The van der Waals surface area contributed by atoms with Crippen molar-refractivity contribution < 1.29 is 39.4 Å². The first kappa shape index (κ1) is 26.7. The summed E-state index contributed by atoms with van der Waals surface area (Å²) in [7, 11) is -4.59. The van der Waals surface area contributed by atoms with Crippen LogP contribution in [0.5, 0.6) is 5.75 Å². The van der Waals surface area contributed by atoms with Crippen LogP contribution in [-0.2, 0) is 29.4 Å². The van der Waals surface area contributed by atoms with Crippen LogP contribution >= 0.6 is 0 Å². The average Bonchev–Trinajstić information content (AvgIpc) is 3.38. The van der Waals surface area contributed by atoms with Crippen molar-refractivity contribution in [2.45, 2.75) is 24.2 Å². The molecule has 12 heteroatoms. The molecular weight excluding hydrogens is 528 g/mol. The Balaban J connectivity index is 1.55. The molecule has 2 amide bonds. The molecule has 7 nitrogen and oxygen atoms in total. The molecule has 4 rings (SSSR count). The molecule has 38 heavy (non-hydrogen) atoms. The van der Waals surface area contributed by atoms with Crippen LogP contribution in [0.25, 0.3) is 0 Å². The molecule has 0 saturated heterocycles. The van der Waals surface area contributed by atoms with Crippen molar-refractivity contribution in [2.75, 3.05) is 5.32 Å². The molecule has 0 aliphatic heterocycles. The summed E-state index contributed by atoms with van der Waals surface area (Å²) in [5.74, 6) is -0.366. The van der Waals surface area contributed by atoms with Gasteiger partial charge in [-0.25, -0.2) is 9.18 Å². The van der Waals surface area contributed by atoms with E-state index in [1.54, 1.807) is 24.3 Å². The van der Waals surface area contributed by atoms with E-state index in [2.05, 4.69) is 5.32 Å². The second kappa shape index (κ2) is 11.0. The molecule has 0 saturated carbocycles. The summed E-state index contributed by atoms with van der Waals surface area (Å²) in [6, 6.07) is 17.1. The average molecular weight is 549 g/mol. The van der Waals surface area contributed by atoms with E-state index in [-0.39, 0.29) is 24.5 Å². The van der Waals surface area contributed by atoms with Gasteiger partial charge in [-0.1, -0.05) is 30.3 Å². The maximum atomic E-state index is 14.1. The smallest absolute Gasteiger partial charge is 0.416 e. The fourth-order valence-corrected chi connectivity index (χ4v) is 4.44. The highest BCUT2D eigenvalue weighted by atomic mass is 32.2. The number of furan rings is 1. The molecule has 3 aromatic carbocycles. The minimum absolute atomic E-state index is 0.000897. The van der Waals surface area contributed by atoms with Crippen LogP contribution < -0.4 is 9.50 Å². The topological polar surface area (TPSA) is 88.9 Å². The SMILES string of the molecule is O=C(Nc1ccccc1F)N(Cc1cccc(OS(=O)(=O)c2cccc(C(F)(F)F)c2)c1)Cc1ccco1. The lowest BCUT2D eigenvalue weighted by Crippen LogP contribution is -2.34. The molecule has 0 spiro atoms. The van der Waals surface area contributed by atoms with Crippen molar-refractivity contribution in [1.82, 2.24) is 4.90 Å². The minimum atomic E-state index is -4.73. The van der Waals surface area contributed by atoms with Gasteiger partial charge in [-0.3, -0.25) is 0 Å². The van der Waals surface area contributed by atoms with Crippen LogP contribution in [0.2, 0.25) is 0 Å². The van der Waals surface area contributed by atoms with Gasteiger partial charge in [-0.15, -0.1) is 0 Å². The Hall–Kier alpha value is -4.32. The van der Waals surface area contributed by atoms with Gasteiger partial charge in [0.1, 0.15) is 22.2 Å². The first-order valence-electron chi connectivity index (χ1n) is 11.0. The van der Waals surface area contributed by atoms with Gasteiger partial charge in [-0.2, -0.15) is 21.6 Å². The fourth-order valence-electron chi connectivity index (χ4n) is 3.47. The van der Waals surface area contributed by atoms with Gasteiger partial charge in [-0.05, 0) is 60.2 Å². The third kappa shape index (κ3) is 6.71. The third-order valence-electron chi connectivity index (χ3n) is 5.26. The normalized spacial score (nSPS) is 11.7. The van der Waals surface area contributed by atoms with Gasteiger partial charge in [0.2, 0.25) is 0 Å². The van der Waals surface area contributed by atoms with Crippen molar-refractivity contribution >= 4 is 21.8 Å². The number of carbonyl (C=O) groups excluding carboxylic acids is 1. The highest BCUT2D eigenvalue weighted by Crippen LogP contribution is 2.31. The molecule has 0 aliphatic carbocycles. The van der Waals surface area contributed by atoms with Crippen LogP contribution in [0.4, 0.5) is 28.0 Å². The second-order valence-corrected chi connectivity index (χ2v) is 9.60. The van der Waals surface area contributed by atoms with Crippen molar-refractivity contribution in [3.05, 3.63) is 114 Å². The monoisotopic (exact) mass is 548 g/mol. The molecule has 0 radical (unpaired) electrons. The molecule has 0 unspecified atom stereocenters. The van der Waals surface area contributed by atoms with Crippen LogP contribution in [0.15, 0.2) is 101 Å². The molecule has 0 fully saturated rings. The number of halogens is 4. The summed E-state index contributed by atoms with van der Waals surface area (Å²) in [6.07, 6.45) is -3.30. The van der Waals surface area contributed by atoms with Gasteiger partial charge in [0.15, 0.2) is 0 Å². The van der Waals surface area contributed by atoms with Crippen LogP contribution in [0.1, 0.15) is 16.9 Å². The Morgan fingerprint density at radius 1 is 0.921 bits per heavy atom. The van der Waals surface area contributed by atoms with Gasteiger partial charge >= 0.3 is 22.3 Å². The van der Waals surface area contributed by atoms with E-state index >= 15 is 0 Å². The zero-order valence-corrected chi connectivity index (χ0v) is 20.3. The number of alkyl halides is 3. The molecule has 1 heterocycles. The molecule has 0 aliphatic rings. The first-order chi connectivity index (χ1) is 18.0. The van der Waals surface area contributed by atoms with Gasteiger partial charge in [0, 0.05) is 6.54 Å². The predicted molar refractivity (Wildman–Crippen MR) is 129 cm³/mol. The summed E-state index contributed by atoms with van der Waals surface area (Å²) < 4.78 is 88.8. The maximum Gasteiger partial charge on any atom is 0.416 e. The van der Waals surface area contributed by atoms with Crippen molar-refractivity contribution in [3.8, 4) is 5.75 Å². The molecule has 0 bridgehead atoms. The van der Waals surface area contributed by atoms with E-state index in [9.17, 15) is 30.8 Å². The van der Waals surface area contributed by atoms with Crippen LogP contribution in [0, 0.1) is 5.82 Å². The second-order valence-electron chi connectivity index (χ2n) is 8.06. The van der Waals surface area contributed by atoms with E-state index in [1.807, 2.05) is 0 Å². The largest absolute Gasteiger partial charge is 0.467 e. The minimum Gasteiger partial charge on any atom is -0.467 e. The van der Waals surface area contributed by atoms with Crippen molar-refractivity contribution in [1.29, 1.82) is 0 Å². The number of rotatable bonds is 8. The number of hydrogen-bond donors (Lipinski definition) is 1. The van der Waals surface area contributed by atoms with Gasteiger partial charge in [0.05, 0.1) is 24.1 Å². The highest BCUT2D eigenvalue weighted by molar-refractivity contribution is 7.87. The number of benzene rings is 3. The zero-order valence-electron chi connectivity index (χ0n) is 19.5. The van der Waals surface area contributed by atoms with E-state index in [0.29, 0.717) is 17.4 Å². The summed E-state index contributed by atoms with van der Waals surface area (Å²) in [4.78, 5) is 13.6. The van der Waals surface area contributed by atoms with E-state index < -0.39 is 38.6 Å². The number of anilines is 1. The lowest BCUT2D eigenvalue weighted by molar-refractivity contribution is -0.137. The van der Waals surface area contributed by atoms with Crippen LogP contribution in [0.3, 0.4) is 0 Å². The van der Waals surface area contributed by atoms with Crippen molar-refractivity contribution in [3.63, 3.8) is 0 Å². The summed E-state index contributed by atoms with van der Waals surface area (Å²) >= 11 is 0. The summed E-state index contributed by atoms with van der Waals surface area (Å²) in [5.41, 5.74) is -0.742. The molecule has 1 N–H and O–H groups in total. The van der Waals surface area contributed by atoms with Gasteiger partial charge < -0.3 is 18.8 Å². The number of hydrogen-bond acceptors (Lipinski definition) is 5. The number of carbonyl (C=O) groups is 1. The molecule has 1 aromatic heterocycles. The number of amides is 2. The highest BCUT2D eigenvalue weighted by Gasteiger charge is 2.32. The Kier molecular flexibility index (Phi) is 7.72. The maximum absolute atomic E-state index is 14.1. The summed E-state index contributed by atoms with van der Waals surface area (Å²) in [5, 5.41) is 2.49. The predicted octanol–water partition coefficient (Wildman–Crippen LogP) is 6.44. The lowest BCUT2D eigenvalue weighted by atomic mass is 10.2. The molecule has 4 aromatic rings. The Morgan fingerprint density at radius 3 is 2.39 bits per heavy atom. The van der Waals surface area contributed by atoms with Crippen LogP contribution in [-0.4, -0.2) is 19.3 Å². The number of nitrogens with zero attached hydrogens (tertiary/aromatic N) is 1. The zero-order chi connectivity index (χ0) is 27.3. The number of para-hydroxylation sites is 1. The van der Waals surface area contributed by atoms with Gasteiger partial charge in [0.25, 0.3) is 0 Å². The Labute approximate surface area is 215 Å². The van der Waals surface area contributed by atoms with E-state index in [1.165, 1.54) is 47.6 Å². The Bertz CT molecular complexity index is 1520. The lowest BCUT2D eigenvalue weighted by Gasteiger charge is -2.23. The quantitative estimate of drug-likeness (QED) is 0.202. The van der Waals surface area contributed by atoms with E-state index in [4.69, 9.17) is 8.60 Å². The number of nitrogens with one attached hydrogen (secondary N) is 1. The standard InChI is InChI=1S/C26H20F4N2O5S/c27-23-11-1-2-12-24(23)31-25(33)32(17-21-9-5-13-36-21)16-18-6-3-8-20(14-18)37-38(34,35)22-10-4-7-19(15-22)26(28,29)30/h1-15H,16-17H2,(H,31,33).